The van der Waals surface area contributed by atoms with Gasteiger partial charge in [0.05, 0.1) is 28.8 Å². The largest absolute Gasteiger partial charge is 0.323 e. The fourth-order valence-corrected chi connectivity index (χ4v) is 3.51. The molecule has 0 saturated heterocycles. The smallest absolute Gasteiger partial charge is 0.111 e. The van der Waals surface area contributed by atoms with Crippen LogP contribution in [0.2, 0.25) is 0 Å². The Hall–Kier alpha value is -0.910. The molecule has 2 heterocycles. The second-order valence-corrected chi connectivity index (χ2v) is 6.78. The highest BCUT2D eigenvalue weighted by atomic mass is 79.9. The number of aryl methyl sites for hydroxylation is 2. The molecule has 0 bridgehead atoms. The third kappa shape index (κ3) is 2.62. The third-order valence-electron chi connectivity index (χ3n) is 3.25. The zero-order valence-corrected chi connectivity index (χ0v) is 14.1. The lowest BCUT2D eigenvalue weighted by Gasteiger charge is -2.07. The summed E-state index contributed by atoms with van der Waals surface area (Å²) < 4.78 is 3.28. The van der Waals surface area contributed by atoms with Crippen molar-refractivity contribution in [3.63, 3.8) is 0 Å². The molecule has 3 nitrogen and oxygen atoms in total. The van der Waals surface area contributed by atoms with Gasteiger partial charge < -0.3 is 4.57 Å². The summed E-state index contributed by atoms with van der Waals surface area (Å²) in [5, 5.41) is 0. The lowest BCUT2D eigenvalue weighted by Crippen LogP contribution is -2.05. The molecule has 0 saturated carbocycles. The highest BCUT2D eigenvalue weighted by Gasteiger charge is 2.13. The highest BCUT2D eigenvalue weighted by molar-refractivity contribution is 9.10. The molecule has 0 N–H and O–H groups in total. The van der Waals surface area contributed by atoms with Crippen molar-refractivity contribution in [2.45, 2.75) is 19.9 Å². The summed E-state index contributed by atoms with van der Waals surface area (Å²) in [6.07, 6.45) is 0.770. The van der Waals surface area contributed by atoms with Crippen LogP contribution < -0.4 is 0 Å². The number of aromatic nitrogens is 3. The van der Waals surface area contributed by atoms with E-state index in [9.17, 15) is 0 Å². The monoisotopic (exact) mass is 369 g/mol. The van der Waals surface area contributed by atoms with Crippen molar-refractivity contribution in [2.75, 3.05) is 5.88 Å². The first kappa shape index (κ1) is 14.0. The Morgan fingerprint density at radius 2 is 2.25 bits per heavy atom. The zero-order chi connectivity index (χ0) is 14.1. The van der Waals surface area contributed by atoms with Crippen LogP contribution in [0.1, 0.15) is 16.4 Å². The Morgan fingerprint density at radius 3 is 2.95 bits per heavy atom. The van der Waals surface area contributed by atoms with E-state index in [0.717, 1.165) is 40.0 Å². The van der Waals surface area contributed by atoms with Crippen LogP contribution in [0.4, 0.5) is 0 Å². The van der Waals surface area contributed by atoms with Crippen LogP contribution in [0, 0.1) is 6.92 Å². The summed E-state index contributed by atoms with van der Waals surface area (Å²) >= 11 is 11.1. The maximum Gasteiger partial charge on any atom is 0.111 e. The van der Waals surface area contributed by atoms with E-state index in [0.29, 0.717) is 5.88 Å². The molecule has 3 rings (SSSR count). The van der Waals surface area contributed by atoms with E-state index < -0.39 is 0 Å². The Kier molecular flexibility index (Phi) is 4.10. The molecule has 0 atom stereocenters. The number of imidazole rings is 1. The fraction of sp³-hybridized carbons (Fsp3) is 0.286. The summed E-state index contributed by atoms with van der Waals surface area (Å²) in [6.45, 7) is 2.85. The Bertz CT molecular complexity index is 750. The average Bonchev–Trinajstić information content (AvgIpc) is 2.96. The van der Waals surface area contributed by atoms with Gasteiger partial charge in [0, 0.05) is 21.7 Å². The summed E-state index contributed by atoms with van der Waals surface area (Å²) in [6, 6.07) is 6.19. The lowest BCUT2D eigenvalue weighted by atomic mass is 10.3. The molecule has 0 fully saturated rings. The summed E-state index contributed by atoms with van der Waals surface area (Å²) in [5.41, 5.74) is 5.12. The van der Waals surface area contributed by atoms with Gasteiger partial charge in [0.2, 0.25) is 0 Å². The van der Waals surface area contributed by atoms with Crippen molar-refractivity contribution in [3.8, 4) is 0 Å². The van der Waals surface area contributed by atoms with E-state index >= 15 is 0 Å². The molecule has 2 aromatic heterocycles. The topological polar surface area (TPSA) is 30.7 Å². The van der Waals surface area contributed by atoms with Crippen molar-refractivity contribution in [1.82, 2.24) is 14.5 Å². The van der Waals surface area contributed by atoms with Gasteiger partial charge in [0.15, 0.2) is 0 Å². The highest BCUT2D eigenvalue weighted by Crippen LogP contribution is 2.24. The van der Waals surface area contributed by atoms with Crippen LogP contribution in [-0.2, 0) is 13.0 Å². The Morgan fingerprint density at radius 1 is 1.40 bits per heavy atom. The minimum absolute atomic E-state index is 0.576. The predicted molar refractivity (Wildman–Crippen MR) is 87.8 cm³/mol. The number of benzene rings is 1. The predicted octanol–water partition coefficient (Wildman–Crippen LogP) is 4.39. The van der Waals surface area contributed by atoms with Crippen molar-refractivity contribution in [2.24, 2.45) is 0 Å². The normalized spacial score (nSPS) is 11.3. The fourth-order valence-electron chi connectivity index (χ4n) is 2.23. The minimum atomic E-state index is 0.576. The Labute approximate surface area is 134 Å². The zero-order valence-electron chi connectivity index (χ0n) is 10.9. The maximum absolute atomic E-state index is 5.91. The van der Waals surface area contributed by atoms with Crippen molar-refractivity contribution in [1.29, 1.82) is 0 Å². The Balaban J connectivity index is 2.11. The molecule has 3 aromatic rings. The number of thiazole rings is 1. The van der Waals surface area contributed by atoms with E-state index in [1.807, 2.05) is 24.6 Å². The lowest BCUT2D eigenvalue weighted by molar-refractivity contribution is 0.758. The molecule has 20 heavy (non-hydrogen) atoms. The third-order valence-corrected chi connectivity index (χ3v) is 4.86. The second-order valence-electron chi connectivity index (χ2n) is 4.55. The minimum Gasteiger partial charge on any atom is -0.323 e. The van der Waals surface area contributed by atoms with Crippen molar-refractivity contribution in [3.05, 3.63) is 44.6 Å². The number of hydrogen-bond donors (Lipinski definition) is 0. The molecule has 0 unspecified atom stereocenters. The van der Waals surface area contributed by atoms with Gasteiger partial charge in [-0.15, -0.1) is 22.9 Å². The van der Waals surface area contributed by atoms with Crippen LogP contribution in [-0.4, -0.2) is 20.4 Å². The van der Waals surface area contributed by atoms with Gasteiger partial charge in [-0.05, 0) is 25.1 Å². The average molecular weight is 371 g/mol. The van der Waals surface area contributed by atoms with Gasteiger partial charge in [0.25, 0.3) is 0 Å². The van der Waals surface area contributed by atoms with Crippen LogP contribution in [0.3, 0.4) is 0 Å². The van der Waals surface area contributed by atoms with Gasteiger partial charge in [-0.25, -0.2) is 9.97 Å². The summed E-state index contributed by atoms with van der Waals surface area (Å²) in [7, 11) is 0. The number of fused-ring (bicyclic) bond motifs is 1. The van der Waals surface area contributed by atoms with E-state index in [1.54, 1.807) is 11.3 Å². The molecule has 1 aromatic carbocycles. The number of alkyl halides is 1. The van der Waals surface area contributed by atoms with Crippen LogP contribution in [0.25, 0.3) is 11.0 Å². The van der Waals surface area contributed by atoms with Gasteiger partial charge in [-0.2, -0.15) is 0 Å². The first-order chi connectivity index (χ1) is 9.69. The van der Waals surface area contributed by atoms with Gasteiger partial charge >= 0.3 is 0 Å². The summed E-state index contributed by atoms with van der Waals surface area (Å²) in [4.78, 5) is 10.3. The van der Waals surface area contributed by atoms with Crippen LogP contribution in [0.15, 0.2) is 28.2 Å². The molecular formula is C14H13BrClN3S. The van der Waals surface area contributed by atoms with Crippen molar-refractivity contribution >= 4 is 49.9 Å². The van der Waals surface area contributed by atoms with Crippen LogP contribution >= 0.6 is 38.9 Å². The first-order valence-corrected chi connectivity index (χ1v) is 8.49. The van der Waals surface area contributed by atoms with Gasteiger partial charge in [-0.1, -0.05) is 15.9 Å². The molecule has 6 heteroatoms. The first-order valence-electron chi connectivity index (χ1n) is 6.28. The molecule has 104 valence electrons. The molecule has 0 radical (unpaired) electrons. The molecule has 0 aliphatic heterocycles. The van der Waals surface area contributed by atoms with Crippen molar-refractivity contribution < 1.29 is 0 Å². The number of rotatable bonds is 4. The van der Waals surface area contributed by atoms with Crippen LogP contribution in [0.5, 0.6) is 0 Å². The number of hydrogen-bond acceptors (Lipinski definition) is 3. The molecule has 0 aliphatic rings. The number of nitrogens with zero attached hydrogens (tertiary/aromatic N) is 3. The molecule has 0 aliphatic carbocycles. The standard InChI is InChI=1S/C14H13BrClN3S/c1-9-13(20-8-17-9)7-19-12-3-2-10(15)6-11(12)18-14(19)4-5-16/h2-3,6,8H,4-5,7H2,1H3. The van der Waals surface area contributed by atoms with Gasteiger partial charge in [0.1, 0.15) is 5.82 Å². The SMILES string of the molecule is Cc1ncsc1Cn1c(CCCl)nc2cc(Br)ccc21. The van der Waals surface area contributed by atoms with E-state index in [-0.39, 0.29) is 0 Å². The number of halogens is 2. The van der Waals surface area contributed by atoms with E-state index in [4.69, 9.17) is 16.6 Å². The van der Waals surface area contributed by atoms with E-state index in [2.05, 4.69) is 31.5 Å². The molecule has 0 spiro atoms. The second kappa shape index (κ2) is 5.84. The van der Waals surface area contributed by atoms with Gasteiger partial charge in [-0.3, -0.25) is 0 Å². The summed E-state index contributed by atoms with van der Waals surface area (Å²) in [5.74, 6) is 1.60. The van der Waals surface area contributed by atoms with E-state index in [1.165, 1.54) is 4.88 Å². The molecular weight excluding hydrogens is 358 g/mol. The molecule has 0 amide bonds. The quantitative estimate of drug-likeness (QED) is 0.638. The maximum atomic E-state index is 5.91.